The lowest BCUT2D eigenvalue weighted by Gasteiger charge is -2.11. The van der Waals surface area contributed by atoms with Crippen molar-refractivity contribution in [2.45, 2.75) is 6.92 Å². The molecule has 8 heteroatoms. The number of aryl methyl sites for hydroxylation is 3. The predicted octanol–water partition coefficient (Wildman–Crippen LogP) is 5.36. The van der Waals surface area contributed by atoms with Gasteiger partial charge in [-0.1, -0.05) is 35.9 Å². The van der Waals surface area contributed by atoms with Crippen LogP contribution in [0.25, 0.3) is 50.3 Å². The molecule has 0 aliphatic heterocycles. The molecule has 0 saturated carbocycles. The fourth-order valence-corrected chi connectivity index (χ4v) is 5.15. The molecule has 0 spiro atoms. The maximum absolute atomic E-state index is 14.7. The smallest absolute Gasteiger partial charge is 0.328 e. The van der Waals surface area contributed by atoms with Crippen LogP contribution in [-0.4, -0.2) is 31.6 Å². The number of nitrogens with zero attached hydrogens (tertiary/aromatic N) is 4. The van der Waals surface area contributed by atoms with Gasteiger partial charge in [0.15, 0.2) is 0 Å². The predicted molar refractivity (Wildman–Crippen MR) is 152 cm³/mol. The van der Waals surface area contributed by atoms with Crippen molar-refractivity contribution in [2.24, 2.45) is 14.1 Å². The summed E-state index contributed by atoms with van der Waals surface area (Å²) in [7, 11) is 5.00. The van der Waals surface area contributed by atoms with E-state index in [0.717, 1.165) is 50.3 Å². The highest BCUT2D eigenvalue weighted by molar-refractivity contribution is 5.95. The van der Waals surface area contributed by atoms with Crippen LogP contribution in [0.1, 0.15) is 15.9 Å². The zero-order chi connectivity index (χ0) is 27.4. The first kappa shape index (κ1) is 24.4. The summed E-state index contributed by atoms with van der Waals surface area (Å²) >= 11 is 0. The first-order valence-electron chi connectivity index (χ1n) is 12.5. The van der Waals surface area contributed by atoms with Crippen molar-refractivity contribution in [3.8, 4) is 28.2 Å². The van der Waals surface area contributed by atoms with Crippen molar-refractivity contribution >= 4 is 28.0 Å². The van der Waals surface area contributed by atoms with Gasteiger partial charge in [-0.05, 0) is 66.6 Å². The van der Waals surface area contributed by atoms with Crippen molar-refractivity contribution in [3.05, 3.63) is 106 Å². The fraction of sp³-hybridized carbons (Fsp3) is 0.129. The number of nitrogens with one attached hydrogen (secondary N) is 1. The Balaban J connectivity index is 1.57. The highest BCUT2D eigenvalue weighted by atomic mass is 19.1. The summed E-state index contributed by atoms with van der Waals surface area (Å²) in [6.07, 6.45) is 0. The van der Waals surface area contributed by atoms with Gasteiger partial charge in [-0.2, -0.15) is 0 Å². The molecule has 2 heterocycles. The van der Waals surface area contributed by atoms with Gasteiger partial charge in [0, 0.05) is 32.4 Å². The van der Waals surface area contributed by atoms with E-state index in [2.05, 4.69) is 16.0 Å². The largest absolute Gasteiger partial charge is 0.355 e. The van der Waals surface area contributed by atoms with Crippen molar-refractivity contribution in [3.63, 3.8) is 0 Å². The average Bonchev–Trinajstić information content (AvgIpc) is 3.43. The first-order valence-corrected chi connectivity index (χ1v) is 12.5. The number of carbonyl (C=O) groups excluding carboxylic acids is 1. The topological polar surface area (TPSA) is 73.8 Å². The van der Waals surface area contributed by atoms with E-state index < -0.39 is 11.7 Å². The molecule has 4 aromatic carbocycles. The number of carbonyl (C=O) groups is 1. The molecular formula is C31H26FN5O2. The van der Waals surface area contributed by atoms with E-state index in [1.165, 1.54) is 19.2 Å². The molecule has 6 rings (SSSR count). The molecule has 0 radical (unpaired) electrons. The maximum atomic E-state index is 14.7. The van der Waals surface area contributed by atoms with Gasteiger partial charge in [0.2, 0.25) is 0 Å². The number of rotatable bonds is 4. The van der Waals surface area contributed by atoms with Gasteiger partial charge in [-0.25, -0.2) is 14.2 Å². The minimum Gasteiger partial charge on any atom is -0.355 e. The molecule has 0 atom stereocenters. The molecule has 1 amide bonds. The van der Waals surface area contributed by atoms with E-state index in [1.54, 1.807) is 29.3 Å². The monoisotopic (exact) mass is 519 g/mol. The number of imidazole rings is 2. The summed E-state index contributed by atoms with van der Waals surface area (Å²) in [6.45, 7) is 2.04. The summed E-state index contributed by atoms with van der Waals surface area (Å²) in [5.74, 6) is -0.295. The van der Waals surface area contributed by atoms with E-state index in [1.807, 2.05) is 61.5 Å². The van der Waals surface area contributed by atoms with Crippen LogP contribution in [0.5, 0.6) is 0 Å². The number of hydrogen-bond donors (Lipinski definition) is 1. The summed E-state index contributed by atoms with van der Waals surface area (Å²) in [5.41, 5.74) is 7.56. The standard InChI is InChI=1S/C31H26FN5O2/c1-18-6-5-7-21(14-18)29-34-25-16-20(19-8-11-23(24(32)15-19)30(38)33-2)9-12-26(25)37(29)22-10-13-27-28(17-22)36(4)31(39)35(27)3/h5-17H,1-4H3,(H,33,38). The third-order valence-corrected chi connectivity index (χ3v) is 7.22. The molecule has 0 unspecified atom stereocenters. The molecule has 0 bridgehead atoms. The van der Waals surface area contributed by atoms with Gasteiger partial charge in [0.05, 0.1) is 27.6 Å². The third-order valence-electron chi connectivity index (χ3n) is 7.22. The molecule has 2 aromatic heterocycles. The van der Waals surface area contributed by atoms with Crippen LogP contribution in [0, 0.1) is 12.7 Å². The number of benzene rings is 4. The SMILES string of the molecule is CNC(=O)c1ccc(-c2ccc3c(c2)nc(-c2cccc(C)c2)n3-c2ccc3c(c2)n(C)c(=O)n3C)cc1F. The minimum atomic E-state index is -0.584. The van der Waals surface area contributed by atoms with Gasteiger partial charge in [0.25, 0.3) is 5.91 Å². The van der Waals surface area contributed by atoms with Crippen LogP contribution < -0.4 is 11.0 Å². The van der Waals surface area contributed by atoms with E-state index in [-0.39, 0.29) is 11.3 Å². The van der Waals surface area contributed by atoms with Crippen molar-refractivity contribution in [1.29, 1.82) is 0 Å². The van der Waals surface area contributed by atoms with Crippen LogP contribution in [0.3, 0.4) is 0 Å². The zero-order valence-electron chi connectivity index (χ0n) is 22.0. The second-order valence-corrected chi connectivity index (χ2v) is 9.69. The molecule has 39 heavy (non-hydrogen) atoms. The minimum absolute atomic E-state index is 0.000885. The van der Waals surface area contributed by atoms with Crippen LogP contribution in [-0.2, 0) is 14.1 Å². The third kappa shape index (κ3) is 3.92. The number of halogens is 1. The number of fused-ring (bicyclic) bond motifs is 2. The fourth-order valence-electron chi connectivity index (χ4n) is 5.15. The Bertz CT molecular complexity index is 2000. The van der Waals surface area contributed by atoms with Crippen LogP contribution >= 0.6 is 0 Å². The van der Waals surface area contributed by atoms with Gasteiger partial charge < -0.3 is 5.32 Å². The van der Waals surface area contributed by atoms with E-state index >= 15 is 0 Å². The Morgan fingerprint density at radius 1 is 0.821 bits per heavy atom. The average molecular weight is 520 g/mol. The number of amides is 1. The summed E-state index contributed by atoms with van der Waals surface area (Å²) in [6, 6.07) is 24.5. The van der Waals surface area contributed by atoms with E-state index in [0.29, 0.717) is 5.56 Å². The summed E-state index contributed by atoms with van der Waals surface area (Å²) < 4.78 is 20.1. The lowest BCUT2D eigenvalue weighted by atomic mass is 10.0. The van der Waals surface area contributed by atoms with Crippen LogP contribution in [0.15, 0.2) is 83.7 Å². The molecule has 0 fully saturated rings. The van der Waals surface area contributed by atoms with Crippen LogP contribution in [0.2, 0.25) is 0 Å². The highest BCUT2D eigenvalue weighted by Crippen LogP contribution is 2.33. The molecule has 7 nitrogen and oxygen atoms in total. The second-order valence-electron chi connectivity index (χ2n) is 9.69. The molecule has 0 aliphatic rings. The number of hydrogen-bond acceptors (Lipinski definition) is 3. The van der Waals surface area contributed by atoms with Gasteiger partial charge in [0.1, 0.15) is 11.6 Å². The van der Waals surface area contributed by atoms with Gasteiger partial charge in [-0.15, -0.1) is 0 Å². The summed E-state index contributed by atoms with van der Waals surface area (Å²) in [4.78, 5) is 29.5. The Morgan fingerprint density at radius 2 is 1.54 bits per heavy atom. The lowest BCUT2D eigenvalue weighted by Crippen LogP contribution is -2.19. The van der Waals surface area contributed by atoms with Crippen molar-refractivity contribution in [1.82, 2.24) is 24.0 Å². The molecular weight excluding hydrogens is 493 g/mol. The van der Waals surface area contributed by atoms with Crippen molar-refractivity contribution < 1.29 is 9.18 Å². The Kier molecular flexibility index (Phi) is 5.68. The quantitative estimate of drug-likeness (QED) is 0.341. The Hall–Kier alpha value is -4.98. The Morgan fingerprint density at radius 3 is 2.28 bits per heavy atom. The van der Waals surface area contributed by atoms with Crippen LogP contribution in [0.4, 0.5) is 4.39 Å². The molecule has 6 aromatic rings. The molecule has 0 saturated heterocycles. The second kappa shape index (κ2) is 9.09. The summed E-state index contributed by atoms with van der Waals surface area (Å²) in [5, 5.41) is 2.46. The lowest BCUT2D eigenvalue weighted by molar-refractivity contribution is 0.0959. The van der Waals surface area contributed by atoms with Gasteiger partial charge in [-0.3, -0.25) is 18.5 Å². The molecule has 0 aliphatic carbocycles. The normalized spacial score (nSPS) is 11.4. The van der Waals surface area contributed by atoms with E-state index in [9.17, 15) is 14.0 Å². The van der Waals surface area contributed by atoms with Crippen molar-refractivity contribution in [2.75, 3.05) is 7.05 Å². The Labute approximate surface area is 223 Å². The molecule has 194 valence electrons. The first-order chi connectivity index (χ1) is 18.8. The van der Waals surface area contributed by atoms with E-state index in [4.69, 9.17) is 4.98 Å². The zero-order valence-corrected chi connectivity index (χ0v) is 22.0. The maximum Gasteiger partial charge on any atom is 0.328 e. The van der Waals surface area contributed by atoms with Gasteiger partial charge >= 0.3 is 5.69 Å². The number of aromatic nitrogens is 4. The molecule has 1 N–H and O–H groups in total. The highest BCUT2D eigenvalue weighted by Gasteiger charge is 2.18.